The van der Waals surface area contributed by atoms with Crippen molar-refractivity contribution in [3.05, 3.63) is 22.0 Å². The van der Waals surface area contributed by atoms with Crippen LogP contribution < -0.4 is 5.73 Å². The molecule has 0 aliphatic heterocycles. The quantitative estimate of drug-likeness (QED) is 0.720. The molecule has 0 radical (unpaired) electrons. The van der Waals surface area contributed by atoms with Crippen LogP contribution in [0.5, 0.6) is 0 Å². The third kappa shape index (κ3) is 2.06. The zero-order valence-electron chi connectivity index (χ0n) is 11.1. The predicted octanol–water partition coefficient (Wildman–Crippen LogP) is 3.49. The van der Waals surface area contributed by atoms with Crippen LogP contribution in [0.4, 0.5) is 0 Å². The van der Waals surface area contributed by atoms with E-state index in [9.17, 15) is 5.26 Å². The topological polar surface area (TPSA) is 49.8 Å². The SMILES string of the molecule is C[Si](C)(C)C1=C2CCCCCC2C(C#N)=C1N. The first-order chi connectivity index (χ1) is 7.96. The number of nitrogens with zero attached hydrogens (tertiary/aromatic N) is 1. The van der Waals surface area contributed by atoms with Crippen LogP contribution in [0, 0.1) is 17.2 Å². The Morgan fingerprint density at radius 3 is 2.53 bits per heavy atom. The Morgan fingerprint density at radius 2 is 1.94 bits per heavy atom. The molecule has 0 saturated heterocycles. The molecule has 1 atom stereocenters. The van der Waals surface area contributed by atoms with E-state index in [0.29, 0.717) is 5.92 Å². The van der Waals surface area contributed by atoms with Gasteiger partial charge in [0.05, 0.1) is 19.7 Å². The highest BCUT2D eigenvalue weighted by Crippen LogP contribution is 2.45. The van der Waals surface area contributed by atoms with Crippen molar-refractivity contribution in [2.75, 3.05) is 0 Å². The zero-order chi connectivity index (χ0) is 12.6. The van der Waals surface area contributed by atoms with E-state index in [1.807, 2.05) is 0 Å². The van der Waals surface area contributed by atoms with Crippen molar-refractivity contribution in [2.24, 2.45) is 11.7 Å². The van der Waals surface area contributed by atoms with Gasteiger partial charge in [-0.15, -0.1) is 0 Å². The summed E-state index contributed by atoms with van der Waals surface area (Å²) in [6.07, 6.45) is 6.11. The Hall–Kier alpha value is -1.01. The molecule has 2 aliphatic carbocycles. The molecule has 0 aromatic rings. The van der Waals surface area contributed by atoms with Gasteiger partial charge in [0.25, 0.3) is 0 Å². The van der Waals surface area contributed by atoms with Crippen molar-refractivity contribution in [3.8, 4) is 6.07 Å². The summed E-state index contributed by atoms with van der Waals surface area (Å²) >= 11 is 0. The van der Waals surface area contributed by atoms with Crippen molar-refractivity contribution in [2.45, 2.75) is 51.7 Å². The van der Waals surface area contributed by atoms with Gasteiger partial charge in [-0.3, -0.25) is 0 Å². The molecule has 2 nitrogen and oxygen atoms in total. The highest BCUT2D eigenvalue weighted by Gasteiger charge is 2.38. The average molecular weight is 246 g/mol. The summed E-state index contributed by atoms with van der Waals surface area (Å²) in [5.74, 6) is 0.365. The van der Waals surface area contributed by atoms with Gasteiger partial charge >= 0.3 is 0 Å². The standard InChI is InChI=1S/C14H22N2Si/c1-17(2,3)14-11-8-6-4-5-7-10(11)12(9-15)13(14)16/h10H,4-8,16H2,1-3H3. The second-order valence-electron chi connectivity index (χ2n) is 6.24. The monoisotopic (exact) mass is 246 g/mol. The molecule has 2 N–H and O–H groups in total. The number of allylic oxidation sites excluding steroid dienone is 3. The molecule has 92 valence electrons. The van der Waals surface area contributed by atoms with E-state index in [2.05, 4.69) is 25.7 Å². The molecule has 3 heteroatoms. The Kier molecular flexibility index (Phi) is 3.18. The minimum absolute atomic E-state index is 0.365. The van der Waals surface area contributed by atoms with E-state index in [1.54, 1.807) is 0 Å². The van der Waals surface area contributed by atoms with E-state index in [4.69, 9.17) is 5.73 Å². The van der Waals surface area contributed by atoms with Crippen LogP contribution in [0.2, 0.25) is 19.6 Å². The minimum Gasteiger partial charge on any atom is -0.398 e. The Morgan fingerprint density at radius 1 is 1.24 bits per heavy atom. The first-order valence-corrected chi connectivity index (χ1v) is 10.1. The van der Waals surface area contributed by atoms with Gasteiger partial charge in [-0.25, -0.2) is 0 Å². The molecule has 2 aliphatic rings. The van der Waals surface area contributed by atoms with Gasteiger partial charge in [-0.2, -0.15) is 5.26 Å². The van der Waals surface area contributed by atoms with Crippen LogP contribution in [0.1, 0.15) is 32.1 Å². The first-order valence-electron chi connectivity index (χ1n) is 6.60. The van der Waals surface area contributed by atoms with Gasteiger partial charge < -0.3 is 5.73 Å². The molecule has 0 amide bonds. The highest BCUT2D eigenvalue weighted by molar-refractivity contribution is 6.84. The summed E-state index contributed by atoms with van der Waals surface area (Å²) in [6, 6.07) is 2.38. The Labute approximate surface area is 105 Å². The lowest BCUT2D eigenvalue weighted by Gasteiger charge is -2.22. The van der Waals surface area contributed by atoms with Gasteiger partial charge in [-0.1, -0.05) is 38.1 Å². The lowest BCUT2D eigenvalue weighted by atomic mass is 9.92. The van der Waals surface area contributed by atoms with Crippen molar-refractivity contribution in [1.82, 2.24) is 0 Å². The summed E-state index contributed by atoms with van der Waals surface area (Å²) in [4.78, 5) is 0. The van der Waals surface area contributed by atoms with Gasteiger partial charge in [0, 0.05) is 11.6 Å². The molecular weight excluding hydrogens is 224 g/mol. The van der Waals surface area contributed by atoms with E-state index in [1.165, 1.54) is 30.0 Å². The smallest absolute Gasteiger partial charge is 0.0975 e. The maximum atomic E-state index is 9.35. The molecule has 1 unspecified atom stereocenters. The first kappa shape index (κ1) is 12.4. The third-order valence-corrected chi connectivity index (χ3v) is 6.05. The lowest BCUT2D eigenvalue weighted by molar-refractivity contribution is 0.632. The van der Waals surface area contributed by atoms with Crippen LogP contribution in [-0.2, 0) is 0 Å². The van der Waals surface area contributed by atoms with Crippen molar-refractivity contribution in [1.29, 1.82) is 5.26 Å². The van der Waals surface area contributed by atoms with Gasteiger partial charge in [-0.05, 0) is 24.5 Å². The fraction of sp³-hybridized carbons (Fsp3) is 0.643. The largest absolute Gasteiger partial charge is 0.398 e. The molecule has 1 fully saturated rings. The number of hydrogen-bond acceptors (Lipinski definition) is 2. The van der Waals surface area contributed by atoms with Crippen LogP contribution in [0.3, 0.4) is 0 Å². The van der Waals surface area contributed by atoms with Crippen LogP contribution >= 0.6 is 0 Å². The summed E-state index contributed by atoms with van der Waals surface area (Å²) < 4.78 is 0. The number of nitriles is 1. The lowest BCUT2D eigenvalue weighted by Crippen LogP contribution is -2.28. The molecule has 0 aromatic carbocycles. The van der Waals surface area contributed by atoms with Gasteiger partial charge in [0.2, 0.25) is 0 Å². The van der Waals surface area contributed by atoms with E-state index >= 15 is 0 Å². The Balaban J connectivity index is 2.53. The number of fused-ring (bicyclic) bond motifs is 1. The maximum absolute atomic E-state index is 9.35. The van der Waals surface area contributed by atoms with Gasteiger partial charge in [0.15, 0.2) is 0 Å². The van der Waals surface area contributed by atoms with Crippen LogP contribution in [-0.4, -0.2) is 8.07 Å². The van der Waals surface area contributed by atoms with Crippen molar-refractivity contribution < 1.29 is 0 Å². The summed E-state index contributed by atoms with van der Waals surface area (Å²) in [5.41, 5.74) is 9.50. The molecule has 0 aromatic heterocycles. The molecular formula is C14H22N2Si. The summed E-state index contributed by atoms with van der Waals surface area (Å²) in [7, 11) is -1.43. The number of hydrogen-bond donors (Lipinski definition) is 1. The number of rotatable bonds is 1. The molecule has 0 heterocycles. The predicted molar refractivity (Wildman–Crippen MR) is 73.8 cm³/mol. The van der Waals surface area contributed by atoms with Crippen molar-refractivity contribution >= 4 is 8.07 Å². The fourth-order valence-corrected chi connectivity index (χ4v) is 5.53. The fourth-order valence-electron chi connectivity index (χ4n) is 3.33. The van der Waals surface area contributed by atoms with Crippen LogP contribution in [0.25, 0.3) is 0 Å². The van der Waals surface area contributed by atoms with Crippen LogP contribution in [0.15, 0.2) is 22.0 Å². The second kappa shape index (κ2) is 4.34. The van der Waals surface area contributed by atoms with E-state index in [0.717, 1.165) is 24.1 Å². The highest BCUT2D eigenvalue weighted by atomic mass is 28.3. The third-order valence-electron chi connectivity index (χ3n) is 3.96. The maximum Gasteiger partial charge on any atom is 0.0975 e. The Bertz CT molecular complexity index is 432. The molecule has 2 rings (SSSR count). The molecule has 0 bridgehead atoms. The van der Waals surface area contributed by atoms with E-state index < -0.39 is 8.07 Å². The molecule has 17 heavy (non-hydrogen) atoms. The van der Waals surface area contributed by atoms with Gasteiger partial charge in [0.1, 0.15) is 0 Å². The average Bonchev–Trinajstić information content (AvgIpc) is 2.37. The van der Waals surface area contributed by atoms with Crippen molar-refractivity contribution in [3.63, 3.8) is 0 Å². The van der Waals surface area contributed by atoms with E-state index in [-0.39, 0.29) is 0 Å². The second-order valence-corrected chi connectivity index (χ2v) is 11.2. The summed E-state index contributed by atoms with van der Waals surface area (Å²) in [6.45, 7) is 7.01. The molecule has 1 saturated carbocycles. The summed E-state index contributed by atoms with van der Waals surface area (Å²) in [5, 5.41) is 10.8. The molecule has 0 spiro atoms. The number of nitrogens with two attached hydrogens (primary N) is 1. The normalized spacial score (nSPS) is 25.6. The minimum atomic E-state index is -1.43. The zero-order valence-corrected chi connectivity index (χ0v) is 12.1.